The summed E-state index contributed by atoms with van der Waals surface area (Å²) in [6.45, 7) is 2.64. The maximum absolute atomic E-state index is 13.0. The first kappa shape index (κ1) is 23.7. The molecule has 0 spiro atoms. The van der Waals surface area contributed by atoms with Gasteiger partial charge in [0.05, 0.1) is 16.0 Å². The quantitative estimate of drug-likeness (QED) is 0.677. The second-order valence-corrected chi connectivity index (χ2v) is 12.0. The van der Waals surface area contributed by atoms with Gasteiger partial charge in [0.1, 0.15) is 4.90 Å². The van der Waals surface area contributed by atoms with Crippen molar-refractivity contribution in [2.45, 2.75) is 42.0 Å². The topological polar surface area (TPSA) is 101 Å². The van der Waals surface area contributed by atoms with E-state index in [-0.39, 0.29) is 20.4 Å². The maximum Gasteiger partial charge on any atom is 0.251 e. The Morgan fingerprint density at radius 2 is 1.61 bits per heavy atom. The number of carbonyl (C=O) groups excluding carboxylic acids is 1. The molecule has 1 aliphatic heterocycles. The Morgan fingerprint density at radius 3 is 2.19 bits per heavy atom. The van der Waals surface area contributed by atoms with Crippen LogP contribution in [0.3, 0.4) is 0 Å². The number of hydrogen-bond donors (Lipinski definition) is 1. The van der Waals surface area contributed by atoms with Crippen molar-refractivity contribution < 1.29 is 21.6 Å². The summed E-state index contributed by atoms with van der Waals surface area (Å²) in [7, 11) is -7.09. The van der Waals surface area contributed by atoms with Crippen molar-refractivity contribution in [1.82, 2.24) is 9.62 Å². The van der Waals surface area contributed by atoms with Crippen LogP contribution < -0.4 is 5.32 Å². The average molecular weight is 485 g/mol. The van der Waals surface area contributed by atoms with E-state index in [0.29, 0.717) is 13.1 Å². The van der Waals surface area contributed by atoms with Crippen LogP contribution in [-0.2, 0) is 19.9 Å². The minimum Gasteiger partial charge on any atom is -0.346 e. The summed E-state index contributed by atoms with van der Waals surface area (Å²) >= 11 is 6.17. The standard InChI is InChI=1S/C21H25ClN2O5S2/c1-15(16-6-9-18(10-7-16)30(2,26)27)23-21(25)17-8-11-19(22)20(14-17)31(28,29)24-12-4-3-5-13-24/h6-11,14-15H,3-5,12-13H2,1-2H3,(H,23,25)/t15-/m0/s1. The molecule has 1 saturated heterocycles. The van der Waals surface area contributed by atoms with E-state index in [4.69, 9.17) is 11.6 Å². The smallest absolute Gasteiger partial charge is 0.251 e. The van der Waals surface area contributed by atoms with Crippen molar-refractivity contribution >= 4 is 37.4 Å². The summed E-state index contributed by atoms with van der Waals surface area (Å²) in [6, 6.07) is 10.0. The summed E-state index contributed by atoms with van der Waals surface area (Å²) in [5.74, 6) is -0.452. The molecule has 0 radical (unpaired) electrons. The van der Waals surface area contributed by atoms with Gasteiger partial charge in [-0.2, -0.15) is 4.31 Å². The Morgan fingerprint density at radius 1 is 1.00 bits per heavy atom. The zero-order chi connectivity index (χ0) is 22.8. The van der Waals surface area contributed by atoms with Gasteiger partial charge in [0.2, 0.25) is 10.0 Å². The molecule has 1 N–H and O–H groups in total. The Kier molecular flexibility index (Phi) is 7.10. The largest absolute Gasteiger partial charge is 0.346 e. The molecule has 1 heterocycles. The third-order valence-corrected chi connectivity index (χ3v) is 8.79. The van der Waals surface area contributed by atoms with Gasteiger partial charge in [0.25, 0.3) is 5.91 Å². The monoisotopic (exact) mass is 484 g/mol. The molecule has 0 saturated carbocycles. The second-order valence-electron chi connectivity index (χ2n) is 7.65. The molecule has 2 aromatic carbocycles. The van der Waals surface area contributed by atoms with Crippen LogP contribution in [0.5, 0.6) is 0 Å². The highest BCUT2D eigenvalue weighted by Crippen LogP contribution is 2.28. The van der Waals surface area contributed by atoms with Crippen LogP contribution in [0.15, 0.2) is 52.3 Å². The third kappa shape index (κ3) is 5.46. The van der Waals surface area contributed by atoms with Gasteiger partial charge in [-0.25, -0.2) is 16.8 Å². The van der Waals surface area contributed by atoms with Gasteiger partial charge in [-0.15, -0.1) is 0 Å². The molecule has 0 aliphatic carbocycles. The predicted molar refractivity (Wildman–Crippen MR) is 119 cm³/mol. The van der Waals surface area contributed by atoms with Crippen LogP contribution in [0.4, 0.5) is 0 Å². The number of nitrogens with zero attached hydrogens (tertiary/aromatic N) is 1. The summed E-state index contributed by atoms with van der Waals surface area (Å²) < 4.78 is 50.6. The zero-order valence-electron chi connectivity index (χ0n) is 17.3. The highest BCUT2D eigenvalue weighted by Gasteiger charge is 2.29. The fourth-order valence-corrected chi connectivity index (χ4v) is 6.10. The number of benzene rings is 2. The number of amides is 1. The number of carbonyl (C=O) groups is 1. The Hall–Kier alpha value is -1.94. The van der Waals surface area contributed by atoms with Crippen molar-refractivity contribution in [2.24, 2.45) is 0 Å². The Balaban J connectivity index is 1.80. The molecule has 3 rings (SSSR count). The summed E-state index contributed by atoms with van der Waals surface area (Å²) in [6.07, 6.45) is 3.72. The number of hydrogen-bond acceptors (Lipinski definition) is 5. The van der Waals surface area contributed by atoms with E-state index < -0.39 is 31.8 Å². The van der Waals surface area contributed by atoms with E-state index in [1.807, 2.05) is 0 Å². The van der Waals surface area contributed by atoms with Crippen molar-refractivity contribution in [3.05, 3.63) is 58.6 Å². The third-order valence-electron chi connectivity index (χ3n) is 5.28. The molecule has 10 heteroatoms. The van der Waals surface area contributed by atoms with Crippen LogP contribution in [0.25, 0.3) is 0 Å². The van der Waals surface area contributed by atoms with Crippen molar-refractivity contribution in [3.8, 4) is 0 Å². The van der Waals surface area contributed by atoms with E-state index in [1.54, 1.807) is 19.1 Å². The van der Waals surface area contributed by atoms with Crippen LogP contribution in [0.1, 0.15) is 48.1 Å². The Bertz CT molecular complexity index is 1170. The molecule has 1 amide bonds. The average Bonchev–Trinajstić information content (AvgIpc) is 2.74. The van der Waals surface area contributed by atoms with E-state index in [0.717, 1.165) is 31.1 Å². The molecule has 168 valence electrons. The highest BCUT2D eigenvalue weighted by atomic mass is 35.5. The van der Waals surface area contributed by atoms with Gasteiger partial charge in [0.15, 0.2) is 9.84 Å². The fourth-order valence-electron chi connectivity index (χ4n) is 3.45. The summed E-state index contributed by atoms with van der Waals surface area (Å²) in [5.41, 5.74) is 0.899. The van der Waals surface area contributed by atoms with Crippen molar-refractivity contribution in [1.29, 1.82) is 0 Å². The number of sulfonamides is 1. The first-order valence-electron chi connectivity index (χ1n) is 9.91. The first-order valence-corrected chi connectivity index (χ1v) is 13.6. The maximum atomic E-state index is 13.0. The Labute approximate surface area is 188 Å². The molecule has 1 atom stereocenters. The molecule has 31 heavy (non-hydrogen) atoms. The van der Waals surface area contributed by atoms with E-state index in [9.17, 15) is 21.6 Å². The molecule has 0 unspecified atom stereocenters. The van der Waals surface area contributed by atoms with E-state index in [1.165, 1.54) is 34.6 Å². The number of rotatable bonds is 6. The van der Waals surface area contributed by atoms with Gasteiger partial charge in [-0.1, -0.05) is 30.2 Å². The lowest BCUT2D eigenvalue weighted by Crippen LogP contribution is -2.36. The predicted octanol–water partition coefficient (Wildman–Crippen LogP) is 3.41. The minimum atomic E-state index is -3.78. The minimum absolute atomic E-state index is 0.0751. The van der Waals surface area contributed by atoms with Crippen LogP contribution >= 0.6 is 11.6 Å². The molecule has 2 aromatic rings. The molecular weight excluding hydrogens is 460 g/mol. The lowest BCUT2D eigenvalue weighted by molar-refractivity contribution is 0.0939. The van der Waals surface area contributed by atoms with Crippen molar-refractivity contribution in [3.63, 3.8) is 0 Å². The zero-order valence-corrected chi connectivity index (χ0v) is 19.7. The highest BCUT2D eigenvalue weighted by molar-refractivity contribution is 7.90. The molecular formula is C21H25ClN2O5S2. The fraction of sp³-hybridized carbons (Fsp3) is 0.381. The van der Waals surface area contributed by atoms with Crippen LogP contribution in [0.2, 0.25) is 5.02 Å². The number of sulfone groups is 1. The summed E-state index contributed by atoms with van der Waals surface area (Å²) in [4.78, 5) is 12.9. The second kappa shape index (κ2) is 9.28. The van der Waals surface area contributed by atoms with Gasteiger partial charge in [-0.3, -0.25) is 4.79 Å². The van der Waals surface area contributed by atoms with E-state index in [2.05, 4.69) is 5.32 Å². The summed E-state index contributed by atoms with van der Waals surface area (Å²) in [5, 5.41) is 2.88. The van der Waals surface area contributed by atoms with E-state index >= 15 is 0 Å². The normalized spacial score (nSPS) is 16.6. The number of piperidine rings is 1. The molecule has 0 bridgehead atoms. The van der Waals surface area contributed by atoms with Gasteiger partial charge in [0, 0.05) is 24.9 Å². The SMILES string of the molecule is C[C@H](NC(=O)c1ccc(Cl)c(S(=O)(=O)N2CCCCC2)c1)c1ccc(S(C)(=O)=O)cc1. The van der Waals surface area contributed by atoms with Gasteiger partial charge < -0.3 is 5.32 Å². The lowest BCUT2D eigenvalue weighted by atomic mass is 10.1. The lowest BCUT2D eigenvalue weighted by Gasteiger charge is -2.26. The van der Waals surface area contributed by atoms with Gasteiger partial charge in [-0.05, 0) is 55.7 Å². The molecule has 0 aromatic heterocycles. The number of nitrogens with one attached hydrogen (secondary N) is 1. The van der Waals surface area contributed by atoms with Crippen molar-refractivity contribution in [2.75, 3.05) is 19.3 Å². The van der Waals surface area contributed by atoms with Gasteiger partial charge >= 0.3 is 0 Å². The molecule has 1 aliphatic rings. The number of halogens is 1. The molecule has 1 fully saturated rings. The van der Waals surface area contributed by atoms with Crippen LogP contribution in [-0.4, -0.2) is 46.4 Å². The van der Waals surface area contributed by atoms with Crippen LogP contribution in [0, 0.1) is 0 Å². The first-order chi connectivity index (χ1) is 14.5. The molecule has 7 nitrogen and oxygen atoms in total.